The third-order valence-corrected chi connectivity index (χ3v) is 9.54. The van der Waals surface area contributed by atoms with E-state index in [1.165, 1.54) is 36.4 Å². The van der Waals surface area contributed by atoms with Crippen molar-refractivity contribution >= 4 is 32.3 Å². The summed E-state index contributed by atoms with van der Waals surface area (Å²) in [6.07, 6.45) is 0. The highest BCUT2D eigenvalue weighted by molar-refractivity contribution is 7.91. The second-order valence-corrected chi connectivity index (χ2v) is 12.1. The number of nitrogens with zero attached hydrogens (tertiary/aromatic N) is 1. The lowest BCUT2D eigenvalue weighted by Crippen LogP contribution is -2.32. The average Bonchev–Trinajstić information content (AvgIpc) is 3.24. The van der Waals surface area contributed by atoms with E-state index in [9.17, 15) is 23.4 Å². The number of aromatic hydroxyl groups is 2. The highest BCUT2D eigenvalue weighted by atomic mass is 32.2. The Kier molecular flexibility index (Phi) is 5.17. The standard InChI is InChI=1S/C32H23NO7S/c1-33(2)25-9-3-7-21-20(25)6-4-10-28(21)41(37,38)29-11-5-8-24-30(29)31(36)40-32(24)22-14-12-18(34)16-26(22)39-27-17-19(35)13-15-23(27)32/h3-17,34-35H,1-2H3. The fourth-order valence-electron chi connectivity index (χ4n) is 5.95. The number of carbonyl (C=O) groups is 1. The summed E-state index contributed by atoms with van der Waals surface area (Å²) in [5.74, 6) is -0.536. The van der Waals surface area contributed by atoms with Gasteiger partial charge >= 0.3 is 5.97 Å². The van der Waals surface area contributed by atoms with Crippen molar-refractivity contribution in [3.63, 3.8) is 0 Å². The number of phenolic OH excluding ortho intramolecular Hbond substituents is 2. The Labute approximate surface area is 235 Å². The van der Waals surface area contributed by atoms with Crippen molar-refractivity contribution in [1.29, 1.82) is 0 Å². The van der Waals surface area contributed by atoms with Gasteiger partial charge in [-0.1, -0.05) is 36.4 Å². The van der Waals surface area contributed by atoms with E-state index in [0.717, 1.165) is 11.1 Å². The molecule has 0 saturated carbocycles. The highest BCUT2D eigenvalue weighted by Crippen LogP contribution is 2.57. The normalized spacial score (nSPS) is 14.6. The molecular weight excluding hydrogens is 542 g/mol. The van der Waals surface area contributed by atoms with Crippen molar-refractivity contribution in [2.24, 2.45) is 0 Å². The van der Waals surface area contributed by atoms with E-state index in [1.54, 1.807) is 42.5 Å². The number of hydrogen-bond donors (Lipinski definition) is 2. The molecule has 41 heavy (non-hydrogen) atoms. The monoisotopic (exact) mass is 565 g/mol. The molecule has 0 aliphatic carbocycles. The lowest BCUT2D eigenvalue weighted by Gasteiger charge is -2.36. The van der Waals surface area contributed by atoms with Crippen molar-refractivity contribution in [2.75, 3.05) is 19.0 Å². The van der Waals surface area contributed by atoms with E-state index in [2.05, 4.69) is 0 Å². The molecule has 0 aromatic heterocycles. The number of esters is 1. The maximum atomic E-state index is 14.4. The van der Waals surface area contributed by atoms with Crippen LogP contribution in [-0.4, -0.2) is 38.7 Å². The molecule has 2 N–H and O–H groups in total. The van der Waals surface area contributed by atoms with Gasteiger partial charge in [0.05, 0.1) is 15.4 Å². The number of rotatable bonds is 3. The number of ether oxygens (including phenoxy) is 2. The van der Waals surface area contributed by atoms with Gasteiger partial charge in [-0.05, 0) is 42.5 Å². The maximum absolute atomic E-state index is 14.4. The third-order valence-electron chi connectivity index (χ3n) is 7.68. The van der Waals surface area contributed by atoms with Crippen LogP contribution >= 0.6 is 0 Å². The van der Waals surface area contributed by atoms with Crippen LogP contribution in [0, 0.1) is 0 Å². The average molecular weight is 566 g/mol. The van der Waals surface area contributed by atoms with Crippen molar-refractivity contribution in [2.45, 2.75) is 15.4 Å². The molecule has 0 bridgehead atoms. The Morgan fingerprint density at radius 1 is 0.707 bits per heavy atom. The molecule has 2 aliphatic heterocycles. The van der Waals surface area contributed by atoms with Crippen molar-refractivity contribution in [3.05, 3.63) is 113 Å². The topological polar surface area (TPSA) is 113 Å². The van der Waals surface area contributed by atoms with Crippen molar-refractivity contribution < 1.29 is 32.9 Å². The Morgan fingerprint density at radius 3 is 1.95 bits per heavy atom. The summed E-state index contributed by atoms with van der Waals surface area (Å²) in [7, 11) is -0.445. The quantitative estimate of drug-likeness (QED) is 0.267. The molecule has 9 heteroatoms. The number of hydrogen-bond acceptors (Lipinski definition) is 8. The van der Waals surface area contributed by atoms with Crippen LogP contribution in [0.25, 0.3) is 10.8 Å². The molecule has 0 radical (unpaired) electrons. The summed E-state index contributed by atoms with van der Waals surface area (Å²) in [5, 5.41) is 21.6. The number of benzene rings is 5. The summed E-state index contributed by atoms with van der Waals surface area (Å²) in [6.45, 7) is 0. The minimum atomic E-state index is -4.22. The fourth-order valence-corrected chi connectivity index (χ4v) is 7.63. The molecule has 0 amide bonds. The smallest absolute Gasteiger partial charge is 0.341 e. The van der Waals surface area contributed by atoms with Gasteiger partial charge in [0.1, 0.15) is 23.0 Å². The van der Waals surface area contributed by atoms with E-state index in [4.69, 9.17) is 9.47 Å². The van der Waals surface area contributed by atoms with E-state index in [1.807, 2.05) is 31.1 Å². The fraction of sp³-hybridized carbons (Fsp3) is 0.0938. The number of anilines is 1. The zero-order valence-corrected chi connectivity index (χ0v) is 22.8. The van der Waals surface area contributed by atoms with Gasteiger partial charge < -0.3 is 24.6 Å². The van der Waals surface area contributed by atoms with Crippen LogP contribution in [0.15, 0.2) is 101 Å². The van der Waals surface area contributed by atoms with E-state index < -0.39 is 21.4 Å². The molecule has 0 atom stereocenters. The highest BCUT2D eigenvalue weighted by Gasteiger charge is 2.55. The minimum absolute atomic E-state index is 0.0727. The lowest BCUT2D eigenvalue weighted by atomic mass is 9.77. The van der Waals surface area contributed by atoms with Crippen LogP contribution in [0.1, 0.15) is 27.0 Å². The largest absolute Gasteiger partial charge is 0.508 e. The van der Waals surface area contributed by atoms with Gasteiger partial charge in [-0.15, -0.1) is 0 Å². The Hall–Kier alpha value is -5.02. The molecule has 204 valence electrons. The molecule has 2 aliphatic rings. The van der Waals surface area contributed by atoms with Gasteiger partial charge in [-0.2, -0.15) is 0 Å². The van der Waals surface area contributed by atoms with Crippen LogP contribution in [-0.2, 0) is 20.2 Å². The Balaban J connectivity index is 1.51. The lowest BCUT2D eigenvalue weighted by molar-refractivity contribution is 0.0222. The maximum Gasteiger partial charge on any atom is 0.341 e. The number of carbonyl (C=O) groups excluding carboxylic acids is 1. The predicted octanol–water partition coefficient (Wildman–Crippen LogP) is 5.72. The summed E-state index contributed by atoms with van der Waals surface area (Å²) in [5.41, 5.74) is 0.359. The SMILES string of the molecule is CN(C)c1cccc2c(S(=O)(=O)c3cccc4c3C(=O)OC43c4ccc(O)cc4Oc4cc(O)ccc43)cccc12. The van der Waals surface area contributed by atoms with Gasteiger partial charge in [-0.3, -0.25) is 0 Å². The van der Waals surface area contributed by atoms with Crippen LogP contribution < -0.4 is 9.64 Å². The first-order valence-electron chi connectivity index (χ1n) is 12.8. The summed E-state index contributed by atoms with van der Waals surface area (Å²) in [4.78, 5) is 15.6. The molecular formula is C32H23NO7S. The van der Waals surface area contributed by atoms with Crippen LogP contribution in [0.4, 0.5) is 5.69 Å². The van der Waals surface area contributed by atoms with Gasteiger partial charge in [-0.25, -0.2) is 13.2 Å². The zero-order chi connectivity index (χ0) is 28.7. The second-order valence-electron chi connectivity index (χ2n) is 10.2. The molecule has 5 aromatic carbocycles. The number of fused-ring (bicyclic) bond motifs is 7. The van der Waals surface area contributed by atoms with Gasteiger partial charge in [0.2, 0.25) is 9.84 Å². The minimum Gasteiger partial charge on any atom is -0.508 e. The number of phenols is 2. The van der Waals surface area contributed by atoms with Crippen molar-refractivity contribution in [3.8, 4) is 23.0 Å². The molecule has 0 unspecified atom stereocenters. The van der Waals surface area contributed by atoms with E-state index in [0.29, 0.717) is 22.1 Å². The van der Waals surface area contributed by atoms with Crippen LogP contribution in [0.3, 0.4) is 0 Å². The molecule has 5 aromatic rings. The van der Waals surface area contributed by atoms with Gasteiger partial charge in [0.15, 0.2) is 5.60 Å². The van der Waals surface area contributed by atoms with Crippen molar-refractivity contribution in [1.82, 2.24) is 0 Å². The first kappa shape index (κ1) is 25.0. The Morgan fingerprint density at radius 2 is 1.29 bits per heavy atom. The van der Waals surface area contributed by atoms with Crippen LogP contribution in [0.5, 0.6) is 23.0 Å². The molecule has 7 rings (SSSR count). The summed E-state index contributed by atoms with van der Waals surface area (Å²) < 4.78 is 40.9. The third kappa shape index (κ3) is 3.39. The molecule has 8 nitrogen and oxygen atoms in total. The first-order chi connectivity index (χ1) is 19.6. The predicted molar refractivity (Wildman–Crippen MR) is 152 cm³/mol. The van der Waals surface area contributed by atoms with E-state index >= 15 is 0 Å². The second kappa shape index (κ2) is 8.49. The molecule has 0 fully saturated rings. The molecule has 2 heterocycles. The molecule has 1 spiro atoms. The first-order valence-corrected chi connectivity index (χ1v) is 14.3. The number of sulfone groups is 1. The molecule has 0 saturated heterocycles. The Bertz CT molecular complexity index is 2000. The van der Waals surface area contributed by atoms with Gasteiger partial charge in [0.25, 0.3) is 0 Å². The van der Waals surface area contributed by atoms with E-state index in [-0.39, 0.29) is 38.4 Å². The van der Waals surface area contributed by atoms with Gasteiger partial charge in [0, 0.05) is 59.4 Å². The zero-order valence-electron chi connectivity index (χ0n) is 22.0. The summed E-state index contributed by atoms with van der Waals surface area (Å²) in [6, 6.07) is 24.0. The van der Waals surface area contributed by atoms with Crippen LogP contribution in [0.2, 0.25) is 0 Å². The summed E-state index contributed by atoms with van der Waals surface area (Å²) >= 11 is 0.